The Morgan fingerprint density at radius 2 is 2.12 bits per heavy atom. The summed E-state index contributed by atoms with van der Waals surface area (Å²) in [7, 11) is 3.29. The summed E-state index contributed by atoms with van der Waals surface area (Å²) in [6, 6.07) is 7.65. The number of hydrogen-bond donors (Lipinski definition) is 2. The van der Waals surface area contributed by atoms with Gasteiger partial charge in [0.1, 0.15) is 11.1 Å². The molecule has 1 amide bonds. The number of amides is 1. The number of halogens is 1. The van der Waals surface area contributed by atoms with E-state index in [1.54, 1.807) is 14.2 Å². The number of rotatable bonds is 6. The third kappa shape index (κ3) is 4.35. The Morgan fingerprint density at radius 1 is 1.34 bits per heavy atom. The summed E-state index contributed by atoms with van der Waals surface area (Å²) in [5, 5.41) is 16.7. The van der Waals surface area contributed by atoms with E-state index in [1.807, 2.05) is 24.3 Å². The van der Waals surface area contributed by atoms with Crippen molar-refractivity contribution in [2.24, 2.45) is 13.0 Å². The molecular weight excluding hydrogens is 434 g/mol. The van der Waals surface area contributed by atoms with E-state index in [1.165, 1.54) is 15.6 Å². The molecule has 2 N–H and O–H groups in total. The SMILES string of the molecule is COc1ccccc1CCn1cnc2c(c(NC(=O)C3CCC(O)C(Cl)C3)nn2C)c1=O. The van der Waals surface area contributed by atoms with Gasteiger partial charge < -0.3 is 15.2 Å². The fourth-order valence-electron chi connectivity index (χ4n) is 4.13. The number of nitrogens with one attached hydrogen (secondary N) is 1. The van der Waals surface area contributed by atoms with Gasteiger partial charge >= 0.3 is 0 Å². The van der Waals surface area contributed by atoms with Gasteiger partial charge in [-0.2, -0.15) is 5.10 Å². The third-order valence-electron chi connectivity index (χ3n) is 5.98. The van der Waals surface area contributed by atoms with Crippen molar-refractivity contribution in [3.05, 3.63) is 46.5 Å². The number of alkyl halides is 1. The topological polar surface area (TPSA) is 111 Å². The number of hydrogen-bond acceptors (Lipinski definition) is 6. The van der Waals surface area contributed by atoms with Crippen molar-refractivity contribution in [3.63, 3.8) is 0 Å². The third-order valence-corrected chi connectivity index (χ3v) is 6.45. The first-order valence-corrected chi connectivity index (χ1v) is 11.0. The Balaban J connectivity index is 1.58. The van der Waals surface area contributed by atoms with Crippen LogP contribution >= 0.6 is 11.6 Å². The van der Waals surface area contributed by atoms with E-state index in [4.69, 9.17) is 16.3 Å². The molecule has 3 atom stereocenters. The van der Waals surface area contributed by atoms with E-state index in [2.05, 4.69) is 15.4 Å². The second kappa shape index (κ2) is 9.30. The second-order valence-corrected chi connectivity index (χ2v) is 8.62. The number of benzene rings is 1. The van der Waals surface area contributed by atoms with E-state index in [9.17, 15) is 14.7 Å². The van der Waals surface area contributed by atoms with Crippen molar-refractivity contribution in [1.82, 2.24) is 19.3 Å². The van der Waals surface area contributed by atoms with Crippen LogP contribution in [0.2, 0.25) is 0 Å². The van der Waals surface area contributed by atoms with Crippen LogP contribution in [0.15, 0.2) is 35.4 Å². The summed E-state index contributed by atoms with van der Waals surface area (Å²) in [6.07, 6.45) is 2.85. The van der Waals surface area contributed by atoms with Crippen molar-refractivity contribution < 1.29 is 14.6 Å². The van der Waals surface area contributed by atoms with E-state index in [0.29, 0.717) is 37.9 Å². The molecule has 170 valence electrons. The number of fused-ring (bicyclic) bond motifs is 1. The van der Waals surface area contributed by atoms with Crippen LogP contribution in [-0.4, -0.2) is 48.9 Å². The molecule has 1 aliphatic rings. The molecule has 0 aliphatic heterocycles. The molecule has 3 aromatic rings. The highest BCUT2D eigenvalue weighted by atomic mass is 35.5. The average Bonchev–Trinajstić information content (AvgIpc) is 3.11. The van der Waals surface area contributed by atoms with Crippen LogP contribution in [0.3, 0.4) is 0 Å². The lowest BCUT2D eigenvalue weighted by molar-refractivity contribution is -0.121. The van der Waals surface area contributed by atoms with Gasteiger partial charge in [0, 0.05) is 19.5 Å². The summed E-state index contributed by atoms with van der Waals surface area (Å²) in [6.45, 7) is 0.402. The first-order valence-electron chi connectivity index (χ1n) is 10.6. The monoisotopic (exact) mass is 459 g/mol. The number of aromatic nitrogens is 4. The summed E-state index contributed by atoms with van der Waals surface area (Å²) in [5.41, 5.74) is 1.10. The van der Waals surface area contributed by atoms with E-state index < -0.39 is 11.5 Å². The maximum absolute atomic E-state index is 13.2. The summed E-state index contributed by atoms with van der Waals surface area (Å²) >= 11 is 6.14. The van der Waals surface area contributed by atoms with Crippen molar-refractivity contribution in [1.29, 1.82) is 0 Å². The van der Waals surface area contributed by atoms with Crippen LogP contribution in [-0.2, 0) is 24.8 Å². The molecule has 4 rings (SSSR count). The van der Waals surface area contributed by atoms with Crippen molar-refractivity contribution in [2.75, 3.05) is 12.4 Å². The van der Waals surface area contributed by atoms with Crippen molar-refractivity contribution in [2.45, 2.75) is 43.7 Å². The predicted octanol–water partition coefficient (Wildman–Crippen LogP) is 2.09. The minimum Gasteiger partial charge on any atom is -0.496 e. The molecule has 1 aromatic carbocycles. The fourth-order valence-corrected chi connectivity index (χ4v) is 4.48. The summed E-state index contributed by atoms with van der Waals surface area (Å²) < 4.78 is 8.37. The first-order chi connectivity index (χ1) is 15.4. The molecule has 3 unspecified atom stereocenters. The minimum atomic E-state index is -0.601. The molecular formula is C22H26ClN5O4. The van der Waals surface area contributed by atoms with Crippen LogP contribution in [0.25, 0.3) is 11.0 Å². The fraction of sp³-hybridized carbons (Fsp3) is 0.455. The number of nitrogens with zero attached hydrogens (tertiary/aromatic N) is 4. The molecule has 1 fully saturated rings. The zero-order chi connectivity index (χ0) is 22.8. The van der Waals surface area contributed by atoms with Crippen LogP contribution in [0.5, 0.6) is 5.75 Å². The van der Waals surface area contributed by atoms with Gasteiger partial charge in [-0.3, -0.25) is 14.2 Å². The van der Waals surface area contributed by atoms with Gasteiger partial charge in [-0.25, -0.2) is 9.67 Å². The maximum Gasteiger partial charge on any atom is 0.266 e. The lowest BCUT2D eigenvalue weighted by atomic mass is 9.86. The van der Waals surface area contributed by atoms with E-state index in [-0.39, 0.29) is 28.6 Å². The Hall–Kier alpha value is -2.91. The van der Waals surface area contributed by atoms with Crippen molar-refractivity contribution in [3.8, 4) is 5.75 Å². The number of aliphatic hydroxyl groups excluding tert-OH is 1. The Labute approximate surface area is 190 Å². The molecule has 10 heteroatoms. The molecule has 0 spiro atoms. The molecule has 32 heavy (non-hydrogen) atoms. The van der Waals surface area contributed by atoms with Gasteiger partial charge in [0.15, 0.2) is 11.5 Å². The first kappa shape index (κ1) is 22.3. The number of carbonyl (C=O) groups excluding carboxylic acids is 1. The smallest absolute Gasteiger partial charge is 0.266 e. The maximum atomic E-state index is 13.2. The molecule has 0 saturated heterocycles. The number of methoxy groups -OCH3 is 1. The van der Waals surface area contributed by atoms with Crippen LogP contribution in [0.4, 0.5) is 5.82 Å². The minimum absolute atomic E-state index is 0.189. The molecule has 1 aliphatic carbocycles. The van der Waals surface area contributed by atoms with Gasteiger partial charge in [0.05, 0.1) is 24.9 Å². The highest BCUT2D eigenvalue weighted by Gasteiger charge is 2.32. The largest absolute Gasteiger partial charge is 0.496 e. The van der Waals surface area contributed by atoms with E-state index in [0.717, 1.165) is 11.3 Å². The highest BCUT2D eigenvalue weighted by Crippen LogP contribution is 2.29. The molecule has 2 heterocycles. The van der Waals surface area contributed by atoms with Gasteiger partial charge in [-0.15, -0.1) is 11.6 Å². The standard InChI is InChI=1S/C22H26ClN5O4/c1-27-20-18(19(26-27)25-21(30)14-7-8-16(29)15(23)11-14)22(31)28(12-24-20)10-9-13-5-3-4-6-17(13)32-2/h3-6,12,14-16,29H,7-11H2,1-2H3,(H,25,26,30). The predicted molar refractivity (Wildman–Crippen MR) is 121 cm³/mol. The van der Waals surface area contributed by atoms with Crippen LogP contribution in [0.1, 0.15) is 24.8 Å². The zero-order valence-electron chi connectivity index (χ0n) is 18.0. The normalized spacial score (nSPS) is 20.9. The molecule has 0 radical (unpaired) electrons. The Kier molecular flexibility index (Phi) is 6.48. The number of carbonyl (C=O) groups is 1. The summed E-state index contributed by atoms with van der Waals surface area (Å²) in [5.74, 6) is 0.349. The van der Waals surface area contributed by atoms with Crippen LogP contribution in [0, 0.1) is 5.92 Å². The van der Waals surface area contributed by atoms with Gasteiger partial charge in [0.2, 0.25) is 5.91 Å². The number of ether oxygens (including phenoxy) is 1. The number of para-hydroxylation sites is 1. The number of aryl methyl sites for hydroxylation is 3. The molecule has 2 aromatic heterocycles. The van der Waals surface area contributed by atoms with Gasteiger partial charge in [-0.1, -0.05) is 18.2 Å². The second-order valence-electron chi connectivity index (χ2n) is 8.06. The van der Waals surface area contributed by atoms with Crippen molar-refractivity contribution >= 4 is 34.4 Å². The molecule has 1 saturated carbocycles. The highest BCUT2D eigenvalue weighted by molar-refractivity contribution is 6.21. The number of aliphatic hydroxyl groups is 1. The van der Waals surface area contributed by atoms with Gasteiger partial charge in [0.25, 0.3) is 5.56 Å². The molecule has 9 nitrogen and oxygen atoms in total. The Morgan fingerprint density at radius 3 is 2.88 bits per heavy atom. The van der Waals surface area contributed by atoms with Gasteiger partial charge in [-0.05, 0) is 37.3 Å². The Bertz CT molecular complexity index is 1190. The average molecular weight is 460 g/mol. The van der Waals surface area contributed by atoms with E-state index >= 15 is 0 Å². The lowest BCUT2D eigenvalue weighted by Gasteiger charge is -2.28. The quantitative estimate of drug-likeness (QED) is 0.546. The lowest BCUT2D eigenvalue weighted by Crippen LogP contribution is -2.35. The van der Waals surface area contributed by atoms with Crippen LogP contribution < -0.4 is 15.6 Å². The number of anilines is 1. The zero-order valence-corrected chi connectivity index (χ0v) is 18.7. The summed E-state index contributed by atoms with van der Waals surface area (Å²) in [4.78, 5) is 30.4. The molecule has 0 bridgehead atoms.